The van der Waals surface area contributed by atoms with Crippen molar-refractivity contribution >= 4 is 17.5 Å². The first-order chi connectivity index (χ1) is 8.97. The predicted molar refractivity (Wildman–Crippen MR) is 68.0 cm³/mol. The number of hydrogen-bond acceptors (Lipinski definition) is 5. The quantitative estimate of drug-likeness (QED) is 0.657. The maximum absolute atomic E-state index is 11.1. The Morgan fingerprint density at radius 2 is 2.26 bits per heavy atom. The molecule has 1 aromatic heterocycles. The smallest absolute Gasteiger partial charge is 0.363 e. The number of anilines is 1. The number of hydrogen-bond donors (Lipinski definition) is 1. The first-order valence-corrected chi connectivity index (χ1v) is 6.05. The van der Waals surface area contributed by atoms with Crippen LogP contribution in [0.25, 0.3) is 0 Å². The first-order valence-electron chi connectivity index (χ1n) is 6.05. The van der Waals surface area contributed by atoms with E-state index in [1.165, 1.54) is 12.3 Å². The van der Waals surface area contributed by atoms with Crippen LogP contribution in [0.15, 0.2) is 18.3 Å². The molecule has 0 bridgehead atoms. The third-order valence-electron chi connectivity index (χ3n) is 3.29. The Hall–Kier alpha value is -2.18. The summed E-state index contributed by atoms with van der Waals surface area (Å²) in [6.45, 7) is 3.16. The molecule has 0 spiro atoms. The third kappa shape index (κ3) is 2.98. The van der Waals surface area contributed by atoms with E-state index in [4.69, 9.17) is 5.11 Å². The Kier molecular flexibility index (Phi) is 3.64. The fraction of sp³-hybridized carbons (Fsp3) is 0.500. The van der Waals surface area contributed by atoms with Crippen molar-refractivity contribution < 1.29 is 14.8 Å². The van der Waals surface area contributed by atoms with Crippen LogP contribution in [0.2, 0.25) is 0 Å². The van der Waals surface area contributed by atoms with Crippen LogP contribution in [0, 0.1) is 22.0 Å². The zero-order valence-electron chi connectivity index (χ0n) is 10.5. The molecular formula is C12H15N3O4. The van der Waals surface area contributed by atoms with Gasteiger partial charge >= 0.3 is 11.8 Å². The van der Waals surface area contributed by atoms with Crippen molar-refractivity contribution in [1.82, 2.24) is 4.98 Å². The second-order valence-corrected chi connectivity index (χ2v) is 4.91. The second kappa shape index (κ2) is 5.21. The van der Waals surface area contributed by atoms with Crippen molar-refractivity contribution in [2.24, 2.45) is 11.8 Å². The lowest BCUT2D eigenvalue weighted by Gasteiger charge is -2.35. The summed E-state index contributed by atoms with van der Waals surface area (Å²) in [7, 11) is 0. The first kappa shape index (κ1) is 13.3. The fourth-order valence-electron chi connectivity index (χ4n) is 2.41. The van der Waals surface area contributed by atoms with Gasteiger partial charge in [0.1, 0.15) is 0 Å². The highest BCUT2D eigenvalue weighted by Crippen LogP contribution is 2.26. The summed E-state index contributed by atoms with van der Waals surface area (Å²) in [6, 6.07) is 2.95. The molecule has 0 aromatic carbocycles. The molecule has 2 atom stereocenters. The van der Waals surface area contributed by atoms with E-state index < -0.39 is 16.8 Å². The third-order valence-corrected chi connectivity index (χ3v) is 3.29. The molecule has 2 heterocycles. The van der Waals surface area contributed by atoms with E-state index in [9.17, 15) is 14.9 Å². The molecule has 7 heteroatoms. The Morgan fingerprint density at radius 3 is 2.79 bits per heavy atom. The van der Waals surface area contributed by atoms with Gasteiger partial charge in [0.15, 0.2) is 6.20 Å². The van der Waals surface area contributed by atoms with Crippen LogP contribution in [0.3, 0.4) is 0 Å². The average Bonchev–Trinajstić information content (AvgIpc) is 2.38. The molecule has 2 rings (SSSR count). The minimum absolute atomic E-state index is 0.205. The minimum atomic E-state index is -0.800. The van der Waals surface area contributed by atoms with Crippen molar-refractivity contribution in [3.05, 3.63) is 28.4 Å². The van der Waals surface area contributed by atoms with Crippen molar-refractivity contribution in [3.63, 3.8) is 0 Å². The lowest BCUT2D eigenvalue weighted by Crippen LogP contribution is -2.42. The fourth-order valence-corrected chi connectivity index (χ4v) is 2.41. The minimum Gasteiger partial charge on any atom is -0.481 e. The van der Waals surface area contributed by atoms with Gasteiger partial charge in [0.25, 0.3) is 0 Å². The van der Waals surface area contributed by atoms with Crippen molar-refractivity contribution in [1.29, 1.82) is 0 Å². The van der Waals surface area contributed by atoms with Gasteiger partial charge in [0.2, 0.25) is 0 Å². The number of aliphatic carboxylic acids is 1. The molecule has 1 aliphatic rings. The summed E-state index contributed by atoms with van der Waals surface area (Å²) in [5, 5.41) is 19.6. The topological polar surface area (TPSA) is 96.6 Å². The Balaban J connectivity index is 2.16. The molecule has 102 valence electrons. The van der Waals surface area contributed by atoms with E-state index in [0.717, 1.165) is 12.2 Å². The summed E-state index contributed by atoms with van der Waals surface area (Å²) >= 11 is 0. The summed E-state index contributed by atoms with van der Waals surface area (Å²) in [4.78, 5) is 26.7. The lowest BCUT2D eigenvalue weighted by atomic mass is 9.90. The van der Waals surface area contributed by atoms with Gasteiger partial charge < -0.3 is 20.1 Å². The summed E-state index contributed by atoms with van der Waals surface area (Å²) in [5.41, 5.74) is 0.725. The summed E-state index contributed by atoms with van der Waals surface area (Å²) < 4.78 is 0. The van der Waals surface area contributed by atoms with E-state index in [1.54, 1.807) is 6.07 Å². The van der Waals surface area contributed by atoms with Crippen molar-refractivity contribution in [3.8, 4) is 0 Å². The molecule has 1 fully saturated rings. The van der Waals surface area contributed by atoms with Gasteiger partial charge in [-0.05, 0) is 28.3 Å². The number of carboxylic acids is 1. The van der Waals surface area contributed by atoms with Crippen LogP contribution in [-0.4, -0.2) is 34.1 Å². The van der Waals surface area contributed by atoms with E-state index in [-0.39, 0.29) is 11.7 Å². The van der Waals surface area contributed by atoms with Crippen LogP contribution in [0.1, 0.15) is 13.3 Å². The van der Waals surface area contributed by atoms with Crippen LogP contribution in [-0.2, 0) is 4.79 Å². The van der Waals surface area contributed by atoms with E-state index in [2.05, 4.69) is 4.98 Å². The maximum atomic E-state index is 11.1. The average molecular weight is 265 g/mol. The molecule has 0 radical (unpaired) electrons. The molecule has 0 saturated carbocycles. The Bertz CT molecular complexity index is 488. The lowest BCUT2D eigenvalue weighted by molar-refractivity contribution is -0.389. The van der Waals surface area contributed by atoms with Crippen molar-refractivity contribution in [2.45, 2.75) is 13.3 Å². The highest BCUT2D eigenvalue weighted by Gasteiger charge is 2.30. The number of aromatic nitrogens is 1. The normalized spacial score (nSPS) is 23.1. The molecule has 19 heavy (non-hydrogen) atoms. The Morgan fingerprint density at radius 1 is 1.53 bits per heavy atom. The predicted octanol–water partition coefficient (Wildman–Crippen LogP) is 1.54. The second-order valence-electron chi connectivity index (χ2n) is 4.91. The van der Waals surface area contributed by atoms with Gasteiger partial charge in [-0.3, -0.25) is 4.79 Å². The molecule has 0 aliphatic carbocycles. The number of rotatable bonds is 3. The van der Waals surface area contributed by atoms with Crippen LogP contribution < -0.4 is 4.90 Å². The Labute approximate surface area is 110 Å². The molecule has 7 nitrogen and oxygen atoms in total. The van der Waals surface area contributed by atoms with Gasteiger partial charge in [-0.2, -0.15) is 0 Å². The monoisotopic (exact) mass is 265 g/mol. The molecule has 1 aliphatic heterocycles. The van der Waals surface area contributed by atoms with Gasteiger partial charge in [-0.15, -0.1) is 0 Å². The number of pyridine rings is 1. The van der Waals surface area contributed by atoms with E-state index in [0.29, 0.717) is 13.0 Å². The molecule has 1 N–H and O–H groups in total. The highest BCUT2D eigenvalue weighted by molar-refractivity contribution is 5.71. The van der Waals surface area contributed by atoms with Gasteiger partial charge in [-0.1, -0.05) is 6.92 Å². The number of nitrogens with zero attached hydrogens (tertiary/aromatic N) is 3. The molecular weight excluding hydrogens is 250 g/mol. The number of carbonyl (C=O) groups is 1. The van der Waals surface area contributed by atoms with E-state index >= 15 is 0 Å². The van der Waals surface area contributed by atoms with E-state index in [1.807, 2.05) is 11.8 Å². The molecule has 1 aromatic rings. The van der Waals surface area contributed by atoms with Crippen LogP contribution in [0.4, 0.5) is 11.5 Å². The zero-order valence-corrected chi connectivity index (χ0v) is 10.5. The molecule has 1 saturated heterocycles. The number of carboxylic acid groups (broad SMARTS) is 1. The van der Waals surface area contributed by atoms with Crippen LogP contribution >= 0.6 is 0 Å². The zero-order chi connectivity index (χ0) is 14.0. The standard InChI is InChI=1S/C12H15N3O4/c1-8-4-9(12(16)17)7-14(6-8)10-2-3-11(13-5-10)15(18)19/h2-3,5,8-9H,4,6-7H2,1H3,(H,16,17). The van der Waals surface area contributed by atoms with Gasteiger partial charge in [-0.25, -0.2) is 0 Å². The van der Waals surface area contributed by atoms with Crippen molar-refractivity contribution in [2.75, 3.05) is 18.0 Å². The molecule has 2 unspecified atom stereocenters. The summed E-state index contributed by atoms with van der Waals surface area (Å²) in [5.74, 6) is -1.14. The number of piperidine rings is 1. The van der Waals surface area contributed by atoms with Gasteiger partial charge in [0.05, 0.1) is 11.6 Å². The molecule has 0 amide bonds. The van der Waals surface area contributed by atoms with Crippen LogP contribution in [0.5, 0.6) is 0 Å². The maximum Gasteiger partial charge on any atom is 0.363 e. The highest BCUT2D eigenvalue weighted by atomic mass is 16.6. The largest absolute Gasteiger partial charge is 0.481 e. The SMILES string of the molecule is CC1CC(C(=O)O)CN(c2ccc([N+](=O)[O-])nc2)C1. The number of nitro groups is 1. The summed E-state index contributed by atoms with van der Waals surface area (Å²) in [6.07, 6.45) is 2.08. The van der Waals surface area contributed by atoms with Gasteiger partial charge in [0, 0.05) is 19.2 Å².